The van der Waals surface area contributed by atoms with Gasteiger partial charge in [-0.15, -0.1) is 0 Å². The zero-order valence-corrected chi connectivity index (χ0v) is 15.6. The summed E-state index contributed by atoms with van der Waals surface area (Å²) in [5.41, 5.74) is 7.28. The number of rotatable bonds is 5. The van der Waals surface area contributed by atoms with Crippen LogP contribution in [0.3, 0.4) is 0 Å². The average molecular weight is 375 g/mol. The summed E-state index contributed by atoms with van der Waals surface area (Å²) in [6, 6.07) is 7.58. The number of nitrogens with two attached hydrogens (primary N) is 1. The van der Waals surface area contributed by atoms with Gasteiger partial charge in [-0.05, 0) is 30.2 Å². The molecule has 0 amide bonds. The molecule has 1 saturated heterocycles. The summed E-state index contributed by atoms with van der Waals surface area (Å²) < 4.78 is 5.24. The predicted octanol–water partition coefficient (Wildman–Crippen LogP) is 1.82. The van der Waals surface area contributed by atoms with Gasteiger partial charge in [-0.25, -0.2) is 9.97 Å². The fraction of sp³-hybridized carbons (Fsp3) is 0.389. The van der Waals surface area contributed by atoms with E-state index in [4.69, 9.17) is 22.1 Å². The van der Waals surface area contributed by atoms with Crippen molar-refractivity contribution in [3.8, 4) is 5.75 Å². The van der Waals surface area contributed by atoms with Gasteiger partial charge in [0.15, 0.2) is 5.96 Å². The highest BCUT2D eigenvalue weighted by Crippen LogP contribution is 2.25. The molecule has 2 N–H and O–H groups in total. The van der Waals surface area contributed by atoms with E-state index in [2.05, 4.69) is 24.8 Å². The van der Waals surface area contributed by atoms with Crippen molar-refractivity contribution in [3.05, 3.63) is 47.2 Å². The molecule has 0 atom stereocenters. The fourth-order valence-electron chi connectivity index (χ4n) is 2.85. The van der Waals surface area contributed by atoms with Gasteiger partial charge in [-0.1, -0.05) is 17.7 Å². The van der Waals surface area contributed by atoms with E-state index in [-0.39, 0.29) is 0 Å². The first kappa shape index (κ1) is 18.3. The highest BCUT2D eigenvalue weighted by atomic mass is 35.5. The van der Waals surface area contributed by atoms with Crippen LogP contribution in [0.4, 0.5) is 5.95 Å². The minimum atomic E-state index is 0.583. The van der Waals surface area contributed by atoms with Gasteiger partial charge in [0.2, 0.25) is 5.95 Å². The van der Waals surface area contributed by atoms with Crippen LogP contribution in [0, 0.1) is 0 Å². The highest BCUT2D eigenvalue weighted by Gasteiger charge is 2.19. The van der Waals surface area contributed by atoms with Crippen LogP contribution in [-0.4, -0.2) is 60.7 Å². The van der Waals surface area contributed by atoms with Crippen LogP contribution < -0.4 is 15.4 Å². The van der Waals surface area contributed by atoms with Crippen molar-refractivity contribution < 1.29 is 4.74 Å². The molecule has 0 bridgehead atoms. The molecule has 138 valence electrons. The maximum Gasteiger partial charge on any atom is 0.225 e. The number of hydrogen-bond donors (Lipinski definition) is 1. The SMILES string of the molecule is COc1cc(CCN=C(N)N2CCN(c3ncccn3)CC2)ccc1Cl. The Morgan fingerprint density at radius 1 is 1.23 bits per heavy atom. The smallest absolute Gasteiger partial charge is 0.225 e. The Labute approximate surface area is 158 Å². The second-order valence-corrected chi connectivity index (χ2v) is 6.39. The molecule has 2 aromatic rings. The molecule has 2 heterocycles. The number of aromatic nitrogens is 2. The van der Waals surface area contributed by atoms with E-state index in [0.29, 0.717) is 23.3 Å². The maximum absolute atomic E-state index is 6.16. The van der Waals surface area contributed by atoms with Crippen molar-refractivity contribution >= 4 is 23.5 Å². The predicted molar refractivity (Wildman–Crippen MR) is 104 cm³/mol. The maximum atomic E-state index is 6.16. The average Bonchev–Trinajstić information content (AvgIpc) is 2.70. The van der Waals surface area contributed by atoms with Crippen LogP contribution in [-0.2, 0) is 6.42 Å². The summed E-state index contributed by atoms with van der Waals surface area (Å²) in [6.45, 7) is 3.90. The molecule has 1 aliphatic rings. The Bertz CT molecular complexity index is 747. The summed E-state index contributed by atoms with van der Waals surface area (Å²) in [5, 5.41) is 0.611. The molecule has 1 fully saturated rings. The summed E-state index contributed by atoms with van der Waals surface area (Å²) >= 11 is 6.05. The van der Waals surface area contributed by atoms with E-state index in [1.54, 1.807) is 19.5 Å². The van der Waals surface area contributed by atoms with Crippen molar-refractivity contribution in [2.75, 3.05) is 44.7 Å². The molecule has 1 aromatic carbocycles. The number of halogens is 1. The lowest BCUT2D eigenvalue weighted by molar-refractivity contribution is 0.378. The second-order valence-electron chi connectivity index (χ2n) is 5.98. The summed E-state index contributed by atoms with van der Waals surface area (Å²) in [7, 11) is 1.61. The van der Waals surface area contributed by atoms with Gasteiger partial charge in [0.05, 0.1) is 12.1 Å². The Morgan fingerprint density at radius 2 is 1.96 bits per heavy atom. The van der Waals surface area contributed by atoms with E-state index in [1.807, 2.05) is 24.3 Å². The summed E-state index contributed by atoms with van der Waals surface area (Å²) in [6.07, 6.45) is 4.30. The lowest BCUT2D eigenvalue weighted by atomic mass is 10.1. The molecule has 3 rings (SSSR count). The molecule has 0 aliphatic carbocycles. The van der Waals surface area contributed by atoms with E-state index < -0.39 is 0 Å². The number of piperazine rings is 1. The third kappa shape index (κ3) is 4.54. The van der Waals surface area contributed by atoms with Gasteiger partial charge in [0.1, 0.15) is 5.75 Å². The molecule has 0 spiro atoms. The minimum Gasteiger partial charge on any atom is -0.495 e. The van der Waals surface area contributed by atoms with Crippen LogP contribution in [0.5, 0.6) is 5.75 Å². The van der Waals surface area contributed by atoms with Gasteiger partial charge in [-0.3, -0.25) is 4.99 Å². The van der Waals surface area contributed by atoms with Crippen molar-refractivity contribution in [3.63, 3.8) is 0 Å². The first-order chi connectivity index (χ1) is 12.7. The van der Waals surface area contributed by atoms with E-state index in [0.717, 1.165) is 44.1 Å². The molecule has 1 aromatic heterocycles. The molecular weight excluding hydrogens is 352 g/mol. The van der Waals surface area contributed by atoms with Crippen LogP contribution in [0.2, 0.25) is 5.02 Å². The molecule has 8 heteroatoms. The van der Waals surface area contributed by atoms with Gasteiger partial charge in [0, 0.05) is 45.1 Å². The number of anilines is 1. The quantitative estimate of drug-likeness (QED) is 0.635. The zero-order valence-electron chi connectivity index (χ0n) is 14.8. The molecule has 7 nitrogen and oxygen atoms in total. The first-order valence-corrected chi connectivity index (χ1v) is 8.94. The van der Waals surface area contributed by atoms with Crippen molar-refractivity contribution in [1.82, 2.24) is 14.9 Å². The Balaban J connectivity index is 1.50. The molecule has 1 aliphatic heterocycles. The Hall–Kier alpha value is -2.54. The van der Waals surface area contributed by atoms with E-state index >= 15 is 0 Å². The summed E-state index contributed by atoms with van der Waals surface area (Å²) in [5.74, 6) is 2.03. The van der Waals surface area contributed by atoms with Gasteiger partial charge >= 0.3 is 0 Å². The second kappa shape index (κ2) is 8.71. The number of ether oxygens (including phenoxy) is 1. The number of nitrogens with zero attached hydrogens (tertiary/aromatic N) is 5. The largest absolute Gasteiger partial charge is 0.495 e. The van der Waals surface area contributed by atoms with Crippen molar-refractivity contribution in [2.45, 2.75) is 6.42 Å². The van der Waals surface area contributed by atoms with Crippen molar-refractivity contribution in [2.24, 2.45) is 10.7 Å². The molecular formula is C18H23ClN6O. The summed E-state index contributed by atoms with van der Waals surface area (Å²) in [4.78, 5) is 17.4. The number of methoxy groups -OCH3 is 1. The van der Waals surface area contributed by atoms with E-state index in [9.17, 15) is 0 Å². The zero-order chi connectivity index (χ0) is 18.4. The van der Waals surface area contributed by atoms with Crippen molar-refractivity contribution in [1.29, 1.82) is 0 Å². The van der Waals surface area contributed by atoms with Gasteiger partial charge < -0.3 is 20.3 Å². The number of benzene rings is 1. The first-order valence-electron chi connectivity index (χ1n) is 8.56. The lowest BCUT2D eigenvalue weighted by Gasteiger charge is -2.35. The monoisotopic (exact) mass is 374 g/mol. The molecule has 0 radical (unpaired) electrons. The Morgan fingerprint density at radius 3 is 2.65 bits per heavy atom. The number of hydrogen-bond acceptors (Lipinski definition) is 5. The van der Waals surface area contributed by atoms with Crippen LogP contribution in [0.25, 0.3) is 0 Å². The third-order valence-electron chi connectivity index (χ3n) is 4.33. The topological polar surface area (TPSA) is 79.9 Å². The Kier molecular flexibility index (Phi) is 6.12. The minimum absolute atomic E-state index is 0.583. The van der Waals surface area contributed by atoms with Gasteiger partial charge in [-0.2, -0.15) is 0 Å². The number of guanidine groups is 1. The molecule has 0 unspecified atom stereocenters. The highest BCUT2D eigenvalue weighted by molar-refractivity contribution is 6.32. The lowest BCUT2D eigenvalue weighted by Crippen LogP contribution is -2.51. The third-order valence-corrected chi connectivity index (χ3v) is 4.64. The number of aliphatic imine (C=N–C) groups is 1. The fourth-order valence-corrected chi connectivity index (χ4v) is 3.04. The van der Waals surface area contributed by atoms with E-state index in [1.165, 1.54) is 0 Å². The van der Waals surface area contributed by atoms with Crippen LogP contribution in [0.15, 0.2) is 41.7 Å². The van der Waals surface area contributed by atoms with Crippen LogP contribution >= 0.6 is 11.6 Å². The standard InChI is InChI=1S/C18H23ClN6O/c1-26-16-13-14(3-4-15(16)19)5-8-21-17(20)24-9-11-25(12-10-24)18-22-6-2-7-23-18/h2-4,6-7,13H,5,8-12H2,1H3,(H2,20,21). The van der Waals surface area contributed by atoms with Crippen LogP contribution in [0.1, 0.15) is 5.56 Å². The normalized spacial score (nSPS) is 15.2. The molecule has 26 heavy (non-hydrogen) atoms. The van der Waals surface area contributed by atoms with Gasteiger partial charge in [0.25, 0.3) is 0 Å². The molecule has 0 saturated carbocycles.